The van der Waals surface area contributed by atoms with Crippen molar-refractivity contribution in [3.63, 3.8) is 0 Å². The van der Waals surface area contributed by atoms with Gasteiger partial charge in [0, 0.05) is 24.6 Å². The van der Waals surface area contributed by atoms with Gasteiger partial charge in [-0.2, -0.15) is 0 Å². The summed E-state index contributed by atoms with van der Waals surface area (Å²) in [6.45, 7) is 0.723. The van der Waals surface area contributed by atoms with E-state index in [2.05, 4.69) is 11.1 Å². The van der Waals surface area contributed by atoms with E-state index in [0.29, 0.717) is 10.6 Å². The zero-order valence-electron chi connectivity index (χ0n) is 11.1. The van der Waals surface area contributed by atoms with Gasteiger partial charge in [0.1, 0.15) is 0 Å². The first kappa shape index (κ1) is 13.1. The van der Waals surface area contributed by atoms with E-state index in [1.165, 1.54) is 11.8 Å². The minimum absolute atomic E-state index is 0.0718. The van der Waals surface area contributed by atoms with Crippen LogP contribution in [-0.2, 0) is 6.42 Å². The lowest BCUT2D eigenvalue weighted by atomic mass is 10.1. The topological polar surface area (TPSA) is 33.2 Å². The van der Waals surface area contributed by atoms with E-state index >= 15 is 0 Å². The number of aromatic nitrogens is 1. The Hall–Kier alpha value is -1.87. The Morgan fingerprint density at radius 3 is 2.90 bits per heavy atom. The van der Waals surface area contributed by atoms with Crippen molar-refractivity contribution in [2.75, 3.05) is 11.4 Å². The molecule has 0 radical (unpaired) electrons. The van der Waals surface area contributed by atoms with Gasteiger partial charge in [0.15, 0.2) is 0 Å². The maximum Gasteiger partial charge on any atom is 0.261 e. The second-order valence-corrected chi connectivity index (χ2v) is 5.31. The SMILES string of the molecule is O=C(c1cnccc1Cl)N1CCCCc2ccccc21. The van der Waals surface area contributed by atoms with Crippen LogP contribution in [0.25, 0.3) is 0 Å². The molecule has 2 aromatic rings. The fourth-order valence-corrected chi connectivity index (χ4v) is 2.77. The lowest BCUT2D eigenvalue weighted by Crippen LogP contribution is -2.32. The standard InChI is InChI=1S/C16H15ClN2O/c17-14-8-9-18-11-13(14)16(20)19-10-4-3-6-12-5-1-2-7-15(12)19/h1-2,5,7-9,11H,3-4,6,10H2. The van der Waals surface area contributed by atoms with Crippen LogP contribution in [0.1, 0.15) is 28.8 Å². The van der Waals surface area contributed by atoms with E-state index in [4.69, 9.17) is 11.6 Å². The number of hydrogen-bond acceptors (Lipinski definition) is 2. The number of hydrogen-bond donors (Lipinski definition) is 0. The van der Waals surface area contributed by atoms with Crippen LogP contribution in [0.2, 0.25) is 5.02 Å². The monoisotopic (exact) mass is 286 g/mol. The van der Waals surface area contributed by atoms with Crippen LogP contribution >= 0.6 is 11.6 Å². The third-order valence-corrected chi connectivity index (χ3v) is 3.93. The molecule has 1 aromatic carbocycles. The number of pyridine rings is 1. The van der Waals surface area contributed by atoms with Crippen molar-refractivity contribution in [2.45, 2.75) is 19.3 Å². The van der Waals surface area contributed by atoms with Crippen LogP contribution < -0.4 is 4.90 Å². The molecule has 1 aliphatic rings. The fraction of sp³-hybridized carbons (Fsp3) is 0.250. The number of aryl methyl sites for hydroxylation is 1. The minimum atomic E-state index is -0.0718. The minimum Gasteiger partial charge on any atom is -0.308 e. The third-order valence-electron chi connectivity index (χ3n) is 3.60. The zero-order valence-corrected chi connectivity index (χ0v) is 11.8. The smallest absolute Gasteiger partial charge is 0.261 e. The van der Waals surface area contributed by atoms with Crippen molar-refractivity contribution in [3.05, 3.63) is 58.9 Å². The summed E-state index contributed by atoms with van der Waals surface area (Å²) in [4.78, 5) is 18.6. The van der Waals surface area contributed by atoms with E-state index in [-0.39, 0.29) is 5.91 Å². The molecule has 0 atom stereocenters. The number of anilines is 1. The molecule has 0 spiro atoms. The van der Waals surface area contributed by atoms with Crippen LogP contribution in [-0.4, -0.2) is 17.4 Å². The van der Waals surface area contributed by atoms with Gasteiger partial charge in [-0.1, -0.05) is 29.8 Å². The fourth-order valence-electron chi connectivity index (χ4n) is 2.58. The molecule has 0 bridgehead atoms. The van der Waals surface area contributed by atoms with Crippen LogP contribution in [0.3, 0.4) is 0 Å². The molecule has 4 heteroatoms. The van der Waals surface area contributed by atoms with E-state index < -0.39 is 0 Å². The summed E-state index contributed by atoms with van der Waals surface area (Å²) in [7, 11) is 0. The molecule has 0 fully saturated rings. The molecule has 20 heavy (non-hydrogen) atoms. The van der Waals surface area contributed by atoms with E-state index in [9.17, 15) is 4.79 Å². The molecule has 0 saturated heterocycles. The number of para-hydroxylation sites is 1. The van der Waals surface area contributed by atoms with E-state index in [1.54, 1.807) is 12.3 Å². The summed E-state index contributed by atoms with van der Waals surface area (Å²) >= 11 is 6.12. The highest BCUT2D eigenvalue weighted by Crippen LogP contribution is 2.28. The Labute approximate surface area is 123 Å². The lowest BCUT2D eigenvalue weighted by molar-refractivity contribution is 0.0987. The number of nitrogens with zero attached hydrogens (tertiary/aromatic N) is 2. The summed E-state index contributed by atoms with van der Waals surface area (Å²) in [5.74, 6) is -0.0718. The van der Waals surface area contributed by atoms with Crippen molar-refractivity contribution in [3.8, 4) is 0 Å². The molecule has 102 valence electrons. The molecule has 2 heterocycles. The Kier molecular flexibility index (Phi) is 3.70. The van der Waals surface area contributed by atoms with Gasteiger partial charge in [0.2, 0.25) is 0 Å². The van der Waals surface area contributed by atoms with Crippen LogP contribution in [0.4, 0.5) is 5.69 Å². The summed E-state index contributed by atoms with van der Waals surface area (Å²) in [5.41, 5.74) is 2.68. The highest BCUT2D eigenvalue weighted by molar-refractivity contribution is 6.34. The van der Waals surface area contributed by atoms with Gasteiger partial charge in [-0.3, -0.25) is 9.78 Å². The normalized spacial score (nSPS) is 14.6. The average Bonchev–Trinajstić information content (AvgIpc) is 2.69. The molecule has 1 aromatic heterocycles. The summed E-state index contributed by atoms with van der Waals surface area (Å²) in [6, 6.07) is 9.73. The molecule has 0 aliphatic carbocycles. The van der Waals surface area contributed by atoms with Gasteiger partial charge < -0.3 is 4.90 Å². The molecule has 3 rings (SSSR count). The molecule has 0 N–H and O–H groups in total. The van der Waals surface area contributed by atoms with Crippen molar-refractivity contribution in [1.29, 1.82) is 0 Å². The highest BCUT2D eigenvalue weighted by Gasteiger charge is 2.23. The Bertz CT molecular complexity index is 642. The van der Waals surface area contributed by atoms with Crippen molar-refractivity contribution >= 4 is 23.2 Å². The van der Waals surface area contributed by atoms with Gasteiger partial charge in [0.05, 0.1) is 10.6 Å². The number of carbonyl (C=O) groups excluding carboxylic acids is 1. The van der Waals surface area contributed by atoms with Crippen LogP contribution in [0.5, 0.6) is 0 Å². The third kappa shape index (κ3) is 2.41. The zero-order chi connectivity index (χ0) is 13.9. The van der Waals surface area contributed by atoms with Crippen molar-refractivity contribution < 1.29 is 4.79 Å². The lowest BCUT2D eigenvalue weighted by Gasteiger charge is -2.23. The Morgan fingerprint density at radius 2 is 2.05 bits per heavy atom. The first-order valence-electron chi connectivity index (χ1n) is 6.76. The molecule has 0 saturated carbocycles. The number of halogens is 1. The van der Waals surface area contributed by atoms with Crippen LogP contribution in [0, 0.1) is 0 Å². The first-order valence-corrected chi connectivity index (χ1v) is 7.14. The summed E-state index contributed by atoms with van der Waals surface area (Å²) in [5, 5.41) is 0.451. The van der Waals surface area contributed by atoms with Crippen molar-refractivity contribution in [2.24, 2.45) is 0 Å². The predicted octanol–water partition coefficient (Wildman–Crippen LogP) is 3.72. The van der Waals surface area contributed by atoms with Crippen LogP contribution in [0.15, 0.2) is 42.7 Å². The van der Waals surface area contributed by atoms with Gasteiger partial charge in [0.25, 0.3) is 5.91 Å². The molecule has 1 aliphatic heterocycles. The molecular formula is C16H15ClN2O. The van der Waals surface area contributed by atoms with Crippen molar-refractivity contribution in [1.82, 2.24) is 4.98 Å². The Balaban J connectivity index is 2.02. The number of fused-ring (bicyclic) bond motifs is 1. The summed E-state index contributed by atoms with van der Waals surface area (Å²) < 4.78 is 0. The van der Waals surface area contributed by atoms with E-state index in [1.807, 2.05) is 23.1 Å². The first-order chi connectivity index (χ1) is 9.77. The summed E-state index contributed by atoms with van der Waals surface area (Å²) in [6.07, 6.45) is 6.24. The quantitative estimate of drug-likeness (QED) is 0.800. The number of amides is 1. The molecular weight excluding hydrogens is 272 g/mol. The van der Waals surface area contributed by atoms with Gasteiger partial charge in [-0.15, -0.1) is 0 Å². The second-order valence-electron chi connectivity index (χ2n) is 4.90. The molecule has 0 unspecified atom stereocenters. The number of benzene rings is 1. The second kappa shape index (κ2) is 5.63. The van der Waals surface area contributed by atoms with Gasteiger partial charge in [-0.25, -0.2) is 0 Å². The molecule has 3 nitrogen and oxygen atoms in total. The van der Waals surface area contributed by atoms with E-state index in [0.717, 1.165) is 31.5 Å². The Morgan fingerprint density at radius 1 is 1.20 bits per heavy atom. The van der Waals surface area contributed by atoms with Gasteiger partial charge in [-0.05, 0) is 37.0 Å². The number of rotatable bonds is 1. The largest absolute Gasteiger partial charge is 0.308 e. The average molecular weight is 287 g/mol. The predicted molar refractivity (Wildman–Crippen MR) is 80.3 cm³/mol. The highest BCUT2D eigenvalue weighted by atomic mass is 35.5. The number of carbonyl (C=O) groups is 1. The maximum atomic E-state index is 12.7. The maximum absolute atomic E-state index is 12.7. The molecule has 1 amide bonds. The van der Waals surface area contributed by atoms with Gasteiger partial charge >= 0.3 is 0 Å².